The van der Waals surface area contributed by atoms with Crippen LogP contribution in [0, 0.1) is 5.92 Å². The van der Waals surface area contributed by atoms with Gasteiger partial charge in [-0.1, -0.05) is 0 Å². The molecule has 0 spiro atoms. The second kappa shape index (κ2) is 4.24. The standard InChI is InChI=1S/C9H17N5O/c1-6-3-7(5-15-6)8(10)4-9-11-13-14(2)12-9/h6-8H,3-5,10H2,1-2H3. The molecule has 0 aromatic carbocycles. The first kappa shape index (κ1) is 10.5. The van der Waals surface area contributed by atoms with Gasteiger partial charge >= 0.3 is 0 Å². The van der Waals surface area contributed by atoms with E-state index in [9.17, 15) is 0 Å². The number of tetrazole rings is 1. The van der Waals surface area contributed by atoms with Crippen LogP contribution in [0.5, 0.6) is 0 Å². The summed E-state index contributed by atoms with van der Waals surface area (Å²) in [6, 6.07) is 0.0687. The first-order valence-electron chi connectivity index (χ1n) is 5.25. The Labute approximate surface area is 88.8 Å². The Morgan fingerprint density at radius 2 is 2.47 bits per heavy atom. The largest absolute Gasteiger partial charge is 0.378 e. The summed E-state index contributed by atoms with van der Waals surface area (Å²) in [5, 5.41) is 11.8. The molecule has 3 unspecified atom stereocenters. The molecular weight excluding hydrogens is 194 g/mol. The van der Waals surface area contributed by atoms with Crippen molar-refractivity contribution in [1.29, 1.82) is 0 Å². The van der Waals surface area contributed by atoms with Gasteiger partial charge in [-0.05, 0) is 18.6 Å². The molecule has 1 fully saturated rings. The summed E-state index contributed by atoms with van der Waals surface area (Å²) in [6.07, 6.45) is 2.03. The topological polar surface area (TPSA) is 78.9 Å². The molecule has 1 aliphatic rings. The molecule has 0 saturated carbocycles. The minimum absolute atomic E-state index is 0.0687. The molecule has 1 aliphatic heterocycles. The third kappa shape index (κ3) is 2.51. The van der Waals surface area contributed by atoms with E-state index >= 15 is 0 Å². The first-order valence-corrected chi connectivity index (χ1v) is 5.25. The summed E-state index contributed by atoms with van der Waals surface area (Å²) >= 11 is 0. The lowest BCUT2D eigenvalue weighted by Gasteiger charge is -2.15. The molecule has 2 N–H and O–H groups in total. The van der Waals surface area contributed by atoms with Gasteiger partial charge in [0.2, 0.25) is 0 Å². The Balaban J connectivity index is 1.89. The van der Waals surface area contributed by atoms with Crippen LogP contribution in [0.4, 0.5) is 0 Å². The lowest BCUT2D eigenvalue weighted by Crippen LogP contribution is -2.33. The van der Waals surface area contributed by atoms with Gasteiger partial charge in [0, 0.05) is 18.4 Å². The highest BCUT2D eigenvalue weighted by Gasteiger charge is 2.28. The van der Waals surface area contributed by atoms with Gasteiger partial charge in [0.1, 0.15) is 0 Å². The Kier molecular flexibility index (Phi) is 2.97. The zero-order valence-electron chi connectivity index (χ0n) is 9.13. The molecule has 84 valence electrons. The molecule has 6 heteroatoms. The van der Waals surface area contributed by atoms with Gasteiger partial charge in [-0.15, -0.1) is 10.2 Å². The van der Waals surface area contributed by atoms with Gasteiger partial charge in [-0.3, -0.25) is 0 Å². The number of rotatable bonds is 3. The zero-order valence-corrected chi connectivity index (χ0v) is 9.13. The molecule has 1 aromatic rings. The van der Waals surface area contributed by atoms with Crippen LogP contribution in [0.3, 0.4) is 0 Å². The Morgan fingerprint density at radius 1 is 1.67 bits per heavy atom. The number of aryl methyl sites for hydroxylation is 1. The minimum Gasteiger partial charge on any atom is -0.378 e. The molecule has 0 radical (unpaired) electrons. The SMILES string of the molecule is CC1CC(C(N)Cc2nnn(C)n2)CO1. The fraction of sp³-hybridized carbons (Fsp3) is 0.889. The van der Waals surface area contributed by atoms with Gasteiger partial charge in [0.05, 0.1) is 19.8 Å². The molecule has 3 atom stereocenters. The van der Waals surface area contributed by atoms with E-state index < -0.39 is 0 Å². The summed E-state index contributed by atoms with van der Waals surface area (Å²) < 4.78 is 5.49. The van der Waals surface area contributed by atoms with E-state index in [2.05, 4.69) is 22.3 Å². The van der Waals surface area contributed by atoms with Crippen molar-refractivity contribution in [1.82, 2.24) is 20.2 Å². The second-order valence-electron chi connectivity index (χ2n) is 4.20. The van der Waals surface area contributed by atoms with Gasteiger partial charge in [-0.25, -0.2) is 0 Å². The number of nitrogens with two attached hydrogens (primary N) is 1. The van der Waals surface area contributed by atoms with Crippen molar-refractivity contribution in [2.45, 2.75) is 31.9 Å². The fourth-order valence-electron chi connectivity index (χ4n) is 1.93. The number of nitrogens with zero attached hydrogens (tertiary/aromatic N) is 4. The molecule has 0 bridgehead atoms. The summed E-state index contributed by atoms with van der Waals surface area (Å²) in [7, 11) is 1.75. The lowest BCUT2D eigenvalue weighted by atomic mass is 9.95. The smallest absolute Gasteiger partial charge is 0.176 e. The average Bonchev–Trinajstić information content (AvgIpc) is 2.75. The highest BCUT2D eigenvalue weighted by molar-refractivity contribution is 4.88. The summed E-state index contributed by atoms with van der Waals surface area (Å²) in [4.78, 5) is 1.45. The van der Waals surface area contributed by atoms with Crippen molar-refractivity contribution in [3.63, 3.8) is 0 Å². The van der Waals surface area contributed by atoms with E-state index in [0.717, 1.165) is 13.0 Å². The second-order valence-corrected chi connectivity index (χ2v) is 4.20. The average molecular weight is 211 g/mol. The molecule has 6 nitrogen and oxygen atoms in total. The molecule has 0 aliphatic carbocycles. The van der Waals surface area contributed by atoms with Crippen molar-refractivity contribution in [2.24, 2.45) is 18.7 Å². The lowest BCUT2D eigenvalue weighted by molar-refractivity contribution is 0.118. The summed E-state index contributed by atoms with van der Waals surface area (Å²) in [5.74, 6) is 1.13. The highest BCUT2D eigenvalue weighted by atomic mass is 16.5. The minimum atomic E-state index is 0.0687. The van der Waals surface area contributed by atoms with E-state index in [1.807, 2.05) is 0 Å². The molecule has 0 amide bonds. The van der Waals surface area contributed by atoms with Crippen LogP contribution in [-0.2, 0) is 18.2 Å². The zero-order chi connectivity index (χ0) is 10.8. The van der Waals surface area contributed by atoms with Gasteiger partial charge in [0.25, 0.3) is 0 Å². The van der Waals surface area contributed by atoms with E-state index in [1.54, 1.807) is 7.05 Å². The number of hydrogen-bond acceptors (Lipinski definition) is 5. The Hall–Kier alpha value is -1.01. The van der Waals surface area contributed by atoms with Crippen molar-refractivity contribution in [3.05, 3.63) is 5.82 Å². The van der Waals surface area contributed by atoms with E-state index in [0.29, 0.717) is 24.3 Å². The van der Waals surface area contributed by atoms with Crippen LogP contribution in [-0.4, -0.2) is 39.0 Å². The number of aromatic nitrogens is 4. The van der Waals surface area contributed by atoms with Crippen LogP contribution >= 0.6 is 0 Å². The van der Waals surface area contributed by atoms with Crippen molar-refractivity contribution in [2.75, 3.05) is 6.61 Å². The van der Waals surface area contributed by atoms with E-state index in [-0.39, 0.29) is 6.04 Å². The molecule has 1 saturated heterocycles. The molecule has 2 rings (SSSR count). The molecule has 1 aromatic heterocycles. The maximum atomic E-state index is 6.09. The van der Waals surface area contributed by atoms with Crippen molar-refractivity contribution in [3.8, 4) is 0 Å². The van der Waals surface area contributed by atoms with E-state index in [1.165, 1.54) is 4.80 Å². The van der Waals surface area contributed by atoms with Crippen molar-refractivity contribution < 1.29 is 4.74 Å². The number of ether oxygens (including phenoxy) is 1. The van der Waals surface area contributed by atoms with Crippen LogP contribution in [0.2, 0.25) is 0 Å². The predicted molar refractivity (Wildman–Crippen MR) is 54.0 cm³/mol. The van der Waals surface area contributed by atoms with Crippen LogP contribution in [0.25, 0.3) is 0 Å². The molecular formula is C9H17N5O. The Morgan fingerprint density at radius 3 is 3.00 bits per heavy atom. The van der Waals surface area contributed by atoms with Crippen LogP contribution in [0.15, 0.2) is 0 Å². The highest BCUT2D eigenvalue weighted by Crippen LogP contribution is 2.22. The Bertz CT molecular complexity index is 326. The maximum absolute atomic E-state index is 6.09. The monoisotopic (exact) mass is 211 g/mol. The fourth-order valence-corrected chi connectivity index (χ4v) is 1.93. The normalized spacial score (nSPS) is 28.2. The van der Waals surface area contributed by atoms with Gasteiger partial charge < -0.3 is 10.5 Å². The number of hydrogen-bond donors (Lipinski definition) is 1. The molecule has 2 heterocycles. The summed E-state index contributed by atoms with van der Waals surface area (Å²) in [5.41, 5.74) is 6.09. The molecule has 15 heavy (non-hydrogen) atoms. The van der Waals surface area contributed by atoms with Crippen molar-refractivity contribution >= 4 is 0 Å². The van der Waals surface area contributed by atoms with Crippen LogP contribution < -0.4 is 5.73 Å². The van der Waals surface area contributed by atoms with Crippen LogP contribution in [0.1, 0.15) is 19.2 Å². The maximum Gasteiger partial charge on any atom is 0.176 e. The van der Waals surface area contributed by atoms with Gasteiger partial charge in [-0.2, -0.15) is 4.80 Å². The first-order chi connectivity index (χ1) is 7.15. The predicted octanol–water partition coefficient (Wildman–Crippen LogP) is -0.495. The van der Waals surface area contributed by atoms with E-state index in [4.69, 9.17) is 10.5 Å². The quantitative estimate of drug-likeness (QED) is 0.729. The third-order valence-electron chi connectivity index (χ3n) is 2.80. The third-order valence-corrected chi connectivity index (χ3v) is 2.80. The summed E-state index contributed by atoms with van der Waals surface area (Å²) in [6.45, 7) is 2.83. The van der Waals surface area contributed by atoms with Gasteiger partial charge in [0.15, 0.2) is 5.82 Å².